The van der Waals surface area contributed by atoms with Crippen LogP contribution in [0.15, 0.2) is 0 Å². The first-order chi connectivity index (χ1) is 6.68. The van der Waals surface area contributed by atoms with E-state index in [9.17, 15) is 4.79 Å². The van der Waals surface area contributed by atoms with Gasteiger partial charge in [-0.3, -0.25) is 4.79 Å². The lowest BCUT2D eigenvalue weighted by molar-refractivity contribution is -0.137. The van der Waals surface area contributed by atoms with Crippen molar-refractivity contribution in [3.63, 3.8) is 0 Å². The Bertz CT molecular complexity index is 163. The lowest BCUT2D eigenvalue weighted by Crippen LogP contribution is -1.93. The Hall–Kier alpha value is -1.24. The van der Waals surface area contributed by atoms with Crippen LogP contribution in [-0.4, -0.2) is 16.2 Å². The quantitative estimate of drug-likeness (QED) is 0.490. The van der Waals surface area contributed by atoms with Crippen molar-refractivity contribution in [3.8, 4) is 6.26 Å². The molecule has 0 spiro atoms. The van der Waals surface area contributed by atoms with E-state index in [1.807, 2.05) is 0 Å². The van der Waals surface area contributed by atoms with Crippen molar-refractivity contribution in [1.82, 2.24) is 0 Å². The lowest BCUT2D eigenvalue weighted by Gasteiger charge is -1.97. The average Bonchev–Trinajstić information content (AvgIpc) is 2.12. The maximum Gasteiger partial charge on any atom is 0.303 e. The number of carbonyl (C=O) groups is 1. The van der Waals surface area contributed by atoms with E-state index >= 15 is 0 Å². The Kier molecular flexibility index (Phi) is 15.6. The zero-order chi connectivity index (χ0) is 11.2. The van der Waals surface area contributed by atoms with E-state index in [0.29, 0.717) is 6.42 Å². The molecule has 0 unspecified atom stereocenters. The van der Waals surface area contributed by atoms with Crippen LogP contribution < -0.4 is 0 Å². The Labute approximate surface area is 85.2 Å². The van der Waals surface area contributed by atoms with Gasteiger partial charge in [0.05, 0.1) is 0 Å². The number of carboxylic acid groups (broad SMARTS) is 1. The van der Waals surface area contributed by atoms with Gasteiger partial charge in [0.1, 0.15) is 0 Å². The van der Waals surface area contributed by atoms with Crippen LogP contribution in [0.5, 0.6) is 0 Å². The molecular weight excluding hydrogens is 182 g/mol. The molecule has 14 heavy (non-hydrogen) atoms. The summed E-state index contributed by atoms with van der Waals surface area (Å²) in [7, 11) is 0. The molecule has 0 aliphatic rings. The zero-order valence-electron chi connectivity index (χ0n) is 8.70. The van der Waals surface area contributed by atoms with E-state index in [4.69, 9.17) is 15.5 Å². The first-order valence-corrected chi connectivity index (χ1v) is 4.94. The van der Waals surface area contributed by atoms with Gasteiger partial charge in [0, 0.05) is 6.42 Å². The molecule has 0 aliphatic carbocycles. The minimum Gasteiger partial charge on any atom is -0.481 e. The average molecular weight is 201 g/mol. The third kappa shape index (κ3) is 22.4. The molecule has 0 aromatic carbocycles. The van der Waals surface area contributed by atoms with Gasteiger partial charge in [-0.25, -0.2) is 0 Å². The van der Waals surface area contributed by atoms with Crippen LogP contribution in [0.25, 0.3) is 0 Å². The summed E-state index contributed by atoms with van der Waals surface area (Å²) in [6.07, 6.45) is 8.00. The van der Waals surface area contributed by atoms with Crippen molar-refractivity contribution in [2.24, 2.45) is 0 Å². The van der Waals surface area contributed by atoms with Crippen LogP contribution in [0, 0.1) is 11.5 Å². The summed E-state index contributed by atoms with van der Waals surface area (Å²) in [6.45, 7) is 2.18. The second-order valence-electron chi connectivity index (χ2n) is 3.01. The van der Waals surface area contributed by atoms with Crippen molar-refractivity contribution >= 4 is 5.97 Å². The Morgan fingerprint density at radius 3 is 2.07 bits per heavy atom. The number of hydrogen-bond donors (Lipinski definition) is 2. The first kappa shape index (κ1) is 15.2. The van der Waals surface area contributed by atoms with Crippen LogP contribution in [0.1, 0.15) is 51.9 Å². The van der Waals surface area contributed by atoms with Gasteiger partial charge in [-0.1, -0.05) is 39.0 Å². The van der Waals surface area contributed by atoms with Crippen LogP contribution in [0.4, 0.5) is 0 Å². The predicted octanol–water partition coefficient (Wildman–Crippen LogP) is 2.66. The molecule has 0 radical (unpaired) electrons. The Morgan fingerprint density at radius 2 is 1.64 bits per heavy atom. The van der Waals surface area contributed by atoms with Crippen molar-refractivity contribution in [2.75, 3.05) is 0 Å². The van der Waals surface area contributed by atoms with Gasteiger partial charge in [-0.2, -0.15) is 5.26 Å². The van der Waals surface area contributed by atoms with Gasteiger partial charge in [-0.05, 0) is 6.42 Å². The van der Waals surface area contributed by atoms with Crippen molar-refractivity contribution in [2.45, 2.75) is 51.9 Å². The van der Waals surface area contributed by atoms with E-state index in [0.717, 1.165) is 19.1 Å². The summed E-state index contributed by atoms with van der Waals surface area (Å²) in [5.74, 6) is -0.666. The minimum atomic E-state index is -0.666. The maximum absolute atomic E-state index is 10.1. The van der Waals surface area contributed by atoms with Crippen molar-refractivity contribution < 1.29 is 15.0 Å². The third-order valence-electron chi connectivity index (χ3n) is 1.74. The number of nitrogens with zero attached hydrogens (tertiary/aromatic N) is 1. The highest BCUT2D eigenvalue weighted by molar-refractivity contribution is 5.66. The molecule has 0 bridgehead atoms. The fourth-order valence-electron chi connectivity index (χ4n) is 1.06. The fourth-order valence-corrected chi connectivity index (χ4v) is 1.06. The summed E-state index contributed by atoms with van der Waals surface area (Å²) in [4.78, 5) is 10.1. The zero-order valence-corrected chi connectivity index (χ0v) is 8.70. The molecule has 4 heteroatoms. The van der Waals surface area contributed by atoms with E-state index in [2.05, 4.69) is 6.92 Å². The molecule has 0 atom stereocenters. The molecule has 0 heterocycles. The van der Waals surface area contributed by atoms with Gasteiger partial charge >= 0.3 is 5.97 Å². The summed E-state index contributed by atoms with van der Waals surface area (Å²) >= 11 is 0. The summed E-state index contributed by atoms with van der Waals surface area (Å²) < 4.78 is 0. The highest BCUT2D eigenvalue weighted by Crippen LogP contribution is 2.06. The molecule has 0 aliphatic heterocycles. The van der Waals surface area contributed by atoms with E-state index in [1.165, 1.54) is 25.7 Å². The SMILES string of the molecule is CCCCCCCCC(=O)O.N#CO. The van der Waals surface area contributed by atoms with Gasteiger partial charge in [-0.15, -0.1) is 0 Å². The fraction of sp³-hybridized carbons (Fsp3) is 0.800. The van der Waals surface area contributed by atoms with Crippen LogP contribution >= 0.6 is 0 Å². The molecule has 4 nitrogen and oxygen atoms in total. The normalized spacial score (nSPS) is 8.29. The Balaban J connectivity index is 0. The number of carboxylic acids is 1. The van der Waals surface area contributed by atoms with Crippen LogP contribution in [-0.2, 0) is 4.79 Å². The van der Waals surface area contributed by atoms with Gasteiger partial charge in [0.15, 0.2) is 0 Å². The highest BCUT2D eigenvalue weighted by atomic mass is 16.4. The molecule has 0 aromatic heterocycles. The third-order valence-corrected chi connectivity index (χ3v) is 1.74. The van der Waals surface area contributed by atoms with Crippen LogP contribution in [0.2, 0.25) is 0 Å². The number of aliphatic hydroxyl groups is 1. The Morgan fingerprint density at radius 1 is 1.21 bits per heavy atom. The molecular formula is C10H19NO3. The molecule has 82 valence electrons. The van der Waals surface area contributed by atoms with Crippen LogP contribution in [0.3, 0.4) is 0 Å². The number of nitriles is 1. The second kappa shape index (κ2) is 14.3. The number of unbranched alkanes of at least 4 members (excludes halogenated alkanes) is 5. The first-order valence-electron chi connectivity index (χ1n) is 4.94. The summed E-state index contributed by atoms with van der Waals surface area (Å²) in [6, 6.07) is 0. The van der Waals surface area contributed by atoms with Gasteiger partial charge < -0.3 is 10.2 Å². The standard InChI is InChI=1S/C9H18O2.CHNO/c1-2-3-4-5-6-7-8-9(10)11;2-1-3/h2-8H2,1H3,(H,10,11);3H. The topological polar surface area (TPSA) is 81.3 Å². The molecule has 0 saturated heterocycles. The monoisotopic (exact) mass is 201 g/mol. The van der Waals surface area contributed by atoms with E-state index in [1.54, 1.807) is 0 Å². The number of hydrogen-bond acceptors (Lipinski definition) is 3. The minimum absolute atomic E-state index is 0.339. The van der Waals surface area contributed by atoms with E-state index < -0.39 is 5.97 Å². The molecule has 0 rings (SSSR count). The maximum atomic E-state index is 10.1. The summed E-state index contributed by atoms with van der Waals surface area (Å²) in [5, 5.41) is 22.1. The molecule has 0 saturated carbocycles. The molecule has 0 fully saturated rings. The number of rotatable bonds is 7. The smallest absolute Gasteiger partial charge is 0.303 e. The molecule has 2 N–H and O–H groups in total. The number of aliphatic carboxylic acids is 1. The van der Waals surface area contributed by atoms with E-state index in [-0.39, 0.29) is 0 Å². The number of aliphatic hydroxyl groups excluding tert-OH is 1. The predicted molar refractivity (Wildman–Crippen MR) is 53.2 cm³/mol. The highest BCUT2D eigenvalue weighted by Gasteiger charge is 1.95. The molecule has 0 amide bonds. The van der Waals surface area contributed by atoms with Crippen molar-refractivity contribution in [1.29, 1.82) is 5.26 Å². The largest absolute Gasteiger partial charge is 0.481 e. The van der Waals surface area contributed by atoms with Crippen molar-refractivity contribution in [3.05, 3.63) is 0 Å². The molecule has 0 aromatic rings. The summed E-state index contributed by atoms with van der Waals surface area (Å²) in [5.41, 5.74) is 0. The van der Waals surface area contributed by atoms with Gasteiger partial charge in [0.25, 0.3) is 6.26 Å². The lowest BCUT2D eigenvalue weighted by atomic mass is 10.1. The second-order valence-corrected chi connectivity index (χ2v) is 3.01. The van der Waals surface area contributed by atoms with Gasteiger partial charge in [0.2, 0.25) is 0 Å².